The third kappa shape index (κ3) is 3.56. The van der Waals surface area contributed by atoms with Gasteiger partial charge in [0.15, 0.2) is 0 Å². The maximum Gasteiger partial charge on any atom is 0.240 e. The van der Waals surface area contributed by atoms with Crippen molar-refractivity contribution in [2.24, 2.45) is 5.14 Å². The third-order valence-corrected chi connectivity index (χ3v) is 4.98. The van der Waals surface area contributed by atoms with Crippen LogP contribution >= 0.6 is 11.6 Å². The van der Waals surface area contributed by atoms with E-state index in [1.54, 1.807) is 18.3 Å². The highest BCUT2D eigenvalue weighted by atomic mass is 35.5. The van der Waals surface area contributed by atoms with Gasteiger partial charge in [-0.15, -0.1) is 0 Å². The Balaban J connectivity index is 2.18. The Morgan fingerprint density at radius 2 is 1.84 bits per heavy atom. The molecule has 7 heteroatoms. The lowest BCUT2D eigenvalue weighted by Gasteiger charge is -2.12. The number of rotatable bonds is 3. The second kappa shape index (κ2) is 6.55. The molecule has 128 valence electrons. The summed E-state index contributed by atoms with van der Waals surface area (Å²) in [6.45, 7) is 1.92. The van der Waals surface area contributed by atoms with Crippen molar-refractivity contribution < 1.29 is 12.8 Å². The zero-order valence-electron chi connectivity index (χ0n) is 13.2. The normalized spacial score (nSPS) is 11.5. The van der Waals surface area contributed by atoms with Crippen LogP contribution in [0.3, 0.4) is 0 Å². The van der Waals surface area contributed by atoms with Crippen LogP contribution in [-0.2, 0) is 10.0 Å². The molecule has 3 rings (SSSR count). The topological polar surface area (TPSA) is 73.0 Å². The molecule has 0 atom stereocenters. The van der Waals surface area contributed by atoms with Gasteiger partial charge < -0.3 is 0 Å². The first kappa shape index (κ1) is 17.5. The highest BCUT2D eigenvalue weighted by Crippen LogP contribution is 2.34. The Hall–Kier alpha value is -2.28. The first-order valence-electron chi connectivity index (χ1n) is 7.31. The number of nitrogens with zero attached hydrogens (tertiary/aromatic N) is 1. The zero-order valence-corrected chi connectivity index (χ0v) is 14.8. The van der Waals surface area contributed by atoms with E-state index in [1.807, 2.05) is 25.1 Å². The lowest BCUT2D eigenvalue weighted by atomic mass is 9.96. The molecule has 1 aromatic heterocycles. The number of hydrogen-bond acceptors (Lipinski definition) is 3. The summed E-state index contributed by atoms with van der Waals surface area (Å²) in [5.74, 6) is -0.913. The van der Waals surface area contributed by atoms with Gasteiger partial charge in [0.25, 0.3) is 0 Å². The first-order valence-corrected chi connectivity index (χ1v) is 9.24. The standard InChI is InChI=1S/C18H14ClFN2O2S/c1-11-9-13(19)5-6-14(11)15-3-2-8-22-18(15)12-4-7-17(16(20)10-12)25(21,23)24/h2-10H,1H3,(H2,21,23,24). The molecule has 0 aliphatic carbocycles. The van der Waals surface area contributed by atoms with Gasteiger partial charge in [-0.3, -0.25) is 4.98 Å². The smallest absolute Gasteiger partial charge is 0.240 e. The van der Waals surface area contributed by atoms with Crippen molar-refractivity contribution in [3.05, 3.63) is 71.1 Å². The second-order valence-corrected chi connectivity index (χ2v) is 7.52. The van der Waals surface area contributed by atoms with Crippen molar-refractivity contribution in [1.29, 1.82) is 0 Å². The van der Waals surface area contributed by atoms with Crippen LogP contribution < -0.4 is 5.14 Å². The van der Waals surface area contributed by atoms with Crippen LogP contribution in [0.15, 0.2) is 59.6 Å². The van der Waals surface area contributed by atoms with E-state index in [9.17, 15) is 12.8 Å². The number of nitrogens with two attached hydrogens (primary N) is 1. The van der Waals surface area contributed by atoms with Gasteiger partial charge in [-0.25, -0.2) is 17.9 Å². The van der Waals surface area contributed by atoms with Crippen molar-refractivity contribution >= 4 is 21.6 Å². The highest BCUT2D eigenvalue weighted by Gasteiger charge is 2.17. The van der Waals surface area contributed by atoms with E-state index in [0.717, 1.165) is 28.8 Å². The quantitative estimate of drug-likeness (QED) is 0.745. The molecule has 0 saturated carbocycles. The summed E-state index contributed by atoms with van der Waals surface area (Å²) in [7, 11) is -4.12. The van der Waals surface area contributed by atoms with Gasteiger partial charge in [-0.2, -0.15) is 0 Å². The number of pyridine rings is 1. The monoisotopic (exact) mass is 376 g/mol. The minimum atomic E-state index is -4.12. The van der Waals surface area contributed by atoms with Gasteiger partial charge in [-0.05, 0) is 48.4 Å². The molecule has 0 radical (unpaired) electrons. The number of aromatic nitrogens is 1. The largest absolute Gasteiger partial charge is 0.256 e. The van der Waals surface area contributed by atoms with E-state index in [1.165, 1.54) is 6.07 Å². The minimum Gasteiger partial charge on any atom is -0.256 e. The summed E-state index contributed by atoms with van der Waals surface area (Å²) in [6.07, 6.45) is 1.59. The van der Waals surface area contributed by atoms with Gasteiger partial charge in [0, 0.05) is 22.3 Å². The summed E-state index contributed by atoms with van der Waals surface area (Å²) >= 11 is 6.01. The lowest BCUT2D eigenvalue weighted by molar-refractivity contribution is 0.568. The van der Waals surface area contributed by atoms with Crippen molar-refractivity contribution in [2.45, 2.75) is 11.8 Å². The Bertz CT molecular complexity index is 1070. The summed E-state index contributed by atoms with van der Waals surface area (Å²) in [4.78, 5) is 3.80. The van der Waals surface area contributed by atoms with E-state index in [2.05, 4.69) is 4.98 Å². The van der Waals surface area contributed by atoms with Gasteiger partial charge >= 0.3 is 0 Å². The predicted octanol–water partition coefficient (Wildman–Crippen LogP) is 4.16. The van der Waals surface area contributed by atoms with Crippen LogP contribution in [0, 0.1) is 12.7 Å². The molecule has 0 bridgehead atoms. The molecule has 0 amide bonds. The maximum absolute atomic E-state index is 14.2. The van der Waals surface area contributed by atoms with Crippen LogP contribution in [-0.4, -0.2) is 13.4 Å². The van der Waals surface area contributed by atoms with Crippen LogP contribution in [0.25, 0.3) is 22.4 Å². The van der Waals surface area contributed by atoms with Crippen molar-refractivity contribution in [2.75, 3.05) is 0 Å². The van der Waals surface area contributed by atoms with E-state index in [-0.39, 0.29) is 0 Å². The van der Waals surface area contributed by atoms with Crippen LogP contribution in [0.5, 0.6) is 0 Å². The van der Waals surface area contributed by atoms with Gasteiger partial charge in [0.2, 0.25) is 10.0 Å². The predicted molar refractivity (Wildman–Crippen MR) is 96.2 cm³/mol. The molecule has 2 N–H and O–H groups in total. The number of primary sulfonamides is 1. The molecule has 0 saturated heterocycles. The number of halogens is 2. The molecule has 25 heavy (non-hydrogen) atoms. The fraction of sp³-hybridized carbons (Fsp3) is 0.0556. The average molecular weight is 377 g/mol. The molecule has 4 nitrogen and oxygen atoms in total. The van der Waals surface area contributed by atoms with Gasteiger partial charge in [-0.1, -0.05) is 29.8 Å². The molecule has 1 heterocycles. The fourth-order valence-electron chi connectivity index (χ4n) is 2.66. The molecular weight excluding hydrogens is 363 g/mol. The summed E-state index contributed by atoms with van der Waals surface area (Å²) in [5, 5.41) is 5.63. The lowest BCUT2D eigenvalue weighted by Crippen LogP contribution is -2.14. The van der Waals surface area contributed by atoms with Crippen LogP contribution in [0.4, 0.5) is 4.39 Å². The average Bonchev–Trinajstić information content (AvgIpc) is 2.53. The van der Waals surface area contributed by atoms with Crippen LogP contribution in [0.2, 0.25) is 5.02 Å². The Labute approximate surface area is 150 Å². The molecule has 0 spiro atoms. The highest BCUT2D eigenvalue weighted by molar-refractivity contribution is 7.89. The van der Waals surface area contributed by atoms with E-state index >= 15 is 0 Å². The number of benzene rings is 2. The van der Waals surface area contributed by atoms with E-state index in [4.69, 9.17) is 16.7 Å². The Morgan fingerprint density at radius 3 is 2.48 bits per heavy atom. The van der Waals surface area contributed by atoms with E-state index < -0.39 is 20.7 Å². The zero-order chi connectivity index (χ0) is 18.2. The second-order valence-electron chi connectivity index (χ2n) is 5.55. The maximum atomic E-state index is 14.2. The Morgan fingerprint density at radius 1 is 1.08 bits per heavy atom. The number of hydrogen-bond donors (Lipinski definition) is 1. The molecule has 2 aromatic carbocycles. The molecular formula is C18H14ClFN2O2S. The van der Waals surface area contributed by atoms with Crippen molar-refractivity contribution in [3.8, 4) is 22.4 Å². The first-order chi connectivity index (χ1) is 11.8. The molecule has 0 unspecified atom stereocenters. The number of sulfonamides is 1. The van der Waals surface area contributed by atoms with Crippen molar-refractivity contribution in [3.63, 3.8) is 0 Å². The number of aryl methyl sites for hydroxylation is 1. The third-order valence-electron chi connectivity index (χ3n) is 3.80. The Kier molecular flexibility index (Phi) is 4.60. The minimum absolute atomic E-state index is 0.454. The van der Waals surface area contributed by atoms with Crippen LogP contribution in [0.1, 0.15) is 5.56 Å². The van der Waals surface area contributed by atoms with Gasteiger partial charge in [0.1, 0.15) is 10.7 Å². The summed E-state index contributed by atoms with van der Waals surface area (Å²) in [5.41, 5.74) is 3.63. The SMILES string of the molecule is Cc1cc(Cl)ccc1-c1cccnc1-c1ccc(S(N)(=O)=O)c(F)c1. The fourth-order valence-corrected chi connectivity index (χ4v) is 3.48. The molecule has 0 aliphatic rings. The van der Waals surface area contributed by atoms with E-state index in [0.29, 0.717) is 16.3 Å². The molecule has 0 fully saturated rings. The van der Waals surface area contributed by atoms with Crippen molar-refractivity contribution in [1.82, 2.24) is 4.98 Å². The molecule has 0 aliphatic heterocycles. The van der Waals surface area contributed by atoms with Gasteiger partial charge in [0.05, 0.1) is 5.69 Å². The summed E-state index contributed by atoms with van der Waals surface area (Å²) < 4.78 is 36.9. The molecule has 3 aromatic rings. The summed E-state index contributed by atoms with van der Waals surface area (Å²) in [6, 6.07) is 12.9.